The fraction of sp³-hybridized carbons (Fsp3) is 0.267. The molecule has 0 amide bonds. The predicted octanol–water partition coefficient (Wildman–Crippen LogP) is 3.30. The van der Waals surface area contributed by atoms with E-state index < -0.39 is 23.5 Å². The van der Waals surface area contributed by atoms with Crippen molar-refractivity contribution in [1.29, 1.82) is 0 Å². The number of nitrogens with zero attached hydrogens (tertiary/aromatic N) is 1. The molecule has 2 N–H and O–H groups in total. The summed E-state index contributed by atoms with van der Waals surface area (Å²) in [5.41, 5.74) is 7.92. The monoisotopic (exact) mass is 280 g/mol. The first-order valence-corrected chi connectivity index (χ1v) is 6.35. The third kappa shape index (κ3) is 3.17. The van der Waals surface area contributed by atoms with E-state index >= 15 is 0 Å². The van der Waals surface area contributed by atoms with Crippen molar-refractivity contribution in [1.82, 2.24) is 4.98 Å². The van der Waals surface area contributed by atoms with E-state index in [1.807, 2.05) is 19.1 Å². The van der Waals surface area contributed by atoms with Crippen LogP contribution in [0.25, 0.3) is 0 Å². The zero-order valence-electron chi connectivity index (χ0n) is 11.0. The highest BCUT2D eigenvalue weighted by Gasteiger charge is 2.15. The Labute approximate surface area is 115 Å². The first-order valence-electron chi connectivity index (χ1n) is 6.35. The van der Waals surface area contributed by atoms with Crippen LogP contribution < -0.4 is 5.73 Å². The van der Waals surface area contributed by atoms with Crippen LogP contribution in [-0.2, 0) is 12.8 Å². The highest BCUT2D eigenvalue weighted by Crippen LogP contribution is 2.20. The minimum absolute atomic E-state index is 0.211. The third-order valence-electron chi connectivity index (χ3n) is 3.16. The molecule has 5 heteroatoms. The molecular weight excluding hydrogens is 265 g/mol. The molecule has 0 radical (unpaired) electrons. The van der Waals surface area contributed by atoms with Crippen molar-refractivity contribution in [3.8, 4) is 0 Å². The van der Waals surface area contributed by atoms with E-state index in [1.165, 1.54) is 0 Å². The summed E-state index contributed by atoms with van der Waals surface area (Å²) < 4.78 is 39.2. The first-order chi connectivity index (χ1) is 9.51. The zero-order valence-corrected chi connectivity index (χ0v) is 11.0. The van der Waals surface area contributed by atoms with E-state index in [0.29, 0.717) is 6.42 Å². The Balaban J connectivity index is 2.16. The van der Waals surface area contributed by atoms with Crippen molar-refractivity contribution >= 4 is 0 Å². The van der Waals surface area contributed by atoms with Gasteiger partial charge in [0, 0.05) is 24.4 Å². The number of halogens is 3. The van der Waals surface area contributed by atoms with Gasteiger partial charge in [0.05, 0.1) is 0 Å². The lowest BCUT2D eigenvalue weighted by molar-refractivity contribution is 0.443. The maximum atomic E-state index is 13.2. The smallest absolute Gasteiger partial charge is 0.194 e. The fourth-order valence-corrected chi connectivity index (χ4v) is 1.92. The van der Waals surface area contributed by atoms with Gasteiger partial charge >= 0.3 is 0 Å². The number of aryl methyl sites for hydroxylation is 1. The normalized spacial score (nSPS) is 12.4. The van der Waals surface area contributed by atoms with Gasteiger partial charge in [-0.3, -0.25) is 4.98 Å². The molecule has 1 atom stereocenters. The Hall–Kier alpha value is -1.88. The molecule has 0 aliphatic rings. The van der Waals surface area contributed by atoms with Gasteiger partial charge in [-0.05, 0) is 35.7 Å². The molecule has 2 aromatic rings. The van der Waals surface area contributed by atoms with Crippen molar-refractivity contribution in [3.05, 3.63) is 64.7 Å². The Morgan fingerprint density at radius 2 is 1.80 bits per heavy atom. The molecule has 1 unspecified atom stereocenters. The molecule has 0 saturated carbocycles. The first kappa shape index (κ1) is 14.5. The maximum absolute atomic E-state index is 13.2. The van der Waals surface area contributed by atoms with E-state index in [1.54, 1.807) is 6.20 Å². The van der Waals surface area contributed by atoms with Crippen LogP contribution in [0.3, 0.4) is 0 Å². The van der Waals surface area contributed by atoms with E-state index in [0.717, 1.165) is 29.8 Å². The fourth-order valence-electron chi connectivity index (χ4n) is 1.92. The van der Waals surface area contributed by atoms with Crippen molar-refractivity contribution in [2.45, 2.75) is 25.8 Å². The average molecular weight is 280 g/mol. The largest absolute Gasteiger partial charge is 0.324 e. The van der Waals surface area contributed by atoms with Gasteiger partial charge in [-0.1, -0.05) is 13.0 Å². The number of aromatic nitrogens is 1. The summed E-state index contributed by atoms with van der Waals surface area (Å²) in [6, 6.07) is 4.96. The minimum atomic E-state index is -1.48. The number of benzene rings is 1. The summed E-state index contributed by atoms with van der Waals surface area (Å²) in [5.74, 6) is -3.94. The Kier molecular flexibility index (Phi) is 4.39. The summed E-state index contributed by atoms with van der Waals surface area (Å²) in [5, 5.41) is 0. The summed E-state index contributed by atoms with van der Waals surface area (Å²) in [4.78, 5) is 4.24. The molecule has 0 spiro atoms. The number of hydrogen-bond donors (Lipinski definition) is 1. The molecule has 1 heterocycles. The highest BCUT2D eigenvalue weighted by molar-refractivity contribution is 5.24. The summed E-state index contributed by atoms with van der Waals surface area (Å²) >= 11 is 0. The molecule has 0 aliphatic carbocycles. The van der Waals surface area contributed by atoms with E-state index in [4.69, 9.17) is 5.73 Å². The van der Waals surface area contributed by atoms with E-state index in [-0.39, 0.29) is 5.56 Å². The van der Waals surface area contributed by atoms with Crippen LogP contribution in [0.4, 0.5) is 13.2 Å². The van der Waals surface area contributed by atoms with Gasteiger partial charge in [-0.25, -0.2) is 13.2 Å². The molecule has 1 aromatic carbocycles. The topological polar surface area (TPSA) is 38.9 Å². The van der Waals surface area contributed by atoms with Gasteiger partial charge in [0.1, 0.15) is 0 Å². The number of pyridine rings is 1. The van der Waals surface area contributed by atoms with Crippen LogP contribution in [0.2, 0.25) is 0 Å². The Morgan fingerprint density at radius 1 is 1.15 bits per heavy atom. The highest BCUT2D eigenvalue weighted by atomic mass is 19.2. The molecular formula is C15H15F3N2. The molecule has 2 rings (SSSR count). The van der Waals surface area contributed by atoms with Crippen molar-refractivity contribution in [2.75, 3.05) is 0 Å². The minimum Gasteiger partial charge on any atom is -0.324 e. The van der Waals surface area contributed by atoms with Crippen LogP contribution >= 0.6 is 0 Å². The predicted molar refractivity (Wildman–Crippen MR) is 70.6 cm³/mol. The van der Waals surface area contributed by atoms with Crippen LogP contribution in [0.1, 0.15) is 29.8 Å². The molecule has 0 saturated heterocycles. The maximum Gasteiger partial charge on any atom is 0.194 e. The molecule has 2 nitrogen and oxygen atoms in total. The lowest BCUT2D eigenvalue weighted by atomic mass is 10.0. The number of hydrogen-bond acceptors (Lipinski definition) is 2. The van der Waals surface area contributed by atoms with Crippen LogP contribution in [-0.4, -0.2) is 4.98 Å². The van der Waals surface area contributed by atoms with Crippen LogP contribution in [0, 0.1) is 17.5 Å². The third-order valence-corrected chi connectivity index (χ3v) is 3.16. The quantitative estimate of drug-likeness (QED) is 0.873. The summed E-state index contributed by atoms with van der Waals surface area (Å²) in [7, 11) is 0. The van der Waals surface area contributed by atoms with Gasteiger partial charge in [-0.15, -0.1) is 0 Å². The molecule has 0 aliphatic heterocycles. The van der Waals surface area contributed by atoms with Gasteiger partial charge in [0.15, 0.2) is 17.5 Å². The second-order valence-corrected chi connectivity index (χ2v) is 4.62. The number of nitrogens with two attached hydrogens (primary N) is 1. The summed E-state index contributed by atoms with van der Waals surface area (Å²) in [6.45, 7) is 2.02. The van der Waals surface area contributed by atoms with Crippen molar-refractivity contribution in [3.63, 3.8) is 0 Å². The van der Waals surface area contributed by atoms with E-state index in [9.17, 15) is 13.2 Å². The standard InChI is InChI=1S/C15H15F3N2/c1-2-9-3-4-11(20-8-9)7-14(19)10-5-12(16)15(18)13(17)6-10/h3-6,8,14H,2,7,19H2,1H3. The lowest BCUT2D eigenvalue weighted by Crippen LogP contribution is -2.15. The van der Waals surface area contributed by atoms with Gasteiger partial charge in [-0.2, -0.15) is 0 Å². The average Bonchev–Trinajstić information content (AvgIpc) is 2.45. The Bertz CT molecular complexity index is 574. The van der Waals surface area contributed by atoms with E-state index in [2.05, 4.69) is 4.98 Å². The van der Waals surface area contributed by atoms with Crippen LogP contribution in [0.15, 0.2) is 30.5 Å². The van der Waals surface area contributed by atoms with Crippen LogP contribution in [0.5, 0.6) is 0 Å². The van der Waals surface area contributed by atoms with Gasteiger partial charge in [0.2, 0.25) is 0 Å². The zero-order chi connectivity index (χ0) is 14.7. The molecule has 1 aromatic heterocycles. The summed E-state index contributed by atoms with van der Waals surface area (Å²) in [6.07, 6.45) is 2.95. The second-order valence-electron chi connectivity index (χ2n) is 4.62. The molecule has 20 heavy (non-hydrogen) atoms. The second kappa shape index (κ2) is 6.05. The molecule has 0 fully saturated rings. The SMILES string of the molecule is CCc1ccc(CC(N)c2cc(F)c(F)c(F)c2)nc1. The van der Waals surface area contributed by atoms with Gasteiger partial charge in [0.25, 0.3) is 0 Å². The van der Waals surface area contributed by atoms with Crippen molar-refractivity contribution < 1.29 is 13.2 Å². The molecule has 106 valence electrons. The number of rotatable bonds is 4. The molecule has 0 bridgehead atoms. The van der Waals surface area contributed by atoms with Gasteiger partial charge < -0.3 is 5.73 Å². The Morgan fingerprint density at radius 3 is 2.30 bits per heavy atom. The lowest BCUT2D eigenvalue weighted by Gasteiger charge is -2.12. The van der Waals surface area contributed by atoms with Crippen molar-refractivity contribution in [2.24, 2.45) is 5.73 Å².